The number of benzene rings is 2. The topological polar surface area (TPSA) is 32.3 Å². The van der Waals surface area contributed by atoms with Crippen molar-refractivity contribution in [1.29, 1.82) is 0 Å². The summed E-state index contributed by atoms with van der Waals surface area (Å²) in [7, 11) is 0. The minimum atomic E-state index is -0.273. The molecule has 1 unspecified atom stereocenters. The molecule has 22 heavy (non-hydrogen) atoms. The molecule has 0 spiro atoms. The van der Waals surface area contributed by atoms with Crippen LogP contribution in [0.5, 0.6) is 0 Å². The van der Waals surface area contributed by atoms with Gasteiger partial charge in [0.05, 0.1) is 16.8 Å². The molecule has 1 saturated heterocycles. The van der Waals surface area contributed by atoms with Crippen LogP contribution in [0.15, 0.2) is 48.5 Å². The van der Waals surface area contributed by atoms with Gasteiger partial charge in [0.25, 0.3) is 0 Å². The molecule has 0 bridgehead atoms. The number of nitrogens with zero attached hydrogens (tertiary/aromatic N) is 1. The van der Waals surface area contributed by atoms with E-state index in [2.05, 4.69) is 5.32 Å². The van der Waals surface area contributed by atoms with Gasteiger partial charge in [-0.1, -0.05) is 41.9 Å². The summed E-state index contributed by atoms with van der Waals surface area (Å²) < 4.78 is 14.0. The van der Waals surface area contributed by atoms with Crippen LogP contribution in [-0.2, 0) is 0 Å². The molecule has 1 heterocycles. The van der Waals surface area contributed by atoms with Crippen molar-refractivity contribution < 1.29 is 9.18 Å². The maximum absolute atomic E-state index is 14.0. The van der Waals surface area contributed by atoms with Crippen molar-refractivity contribution in [3.05, 3.63) is 64.9 Å². The van der Waals surface area contributed by atoms with Gasteiger partial charge in [-0.3, -0.25) is 0 Å². The van der Waals surface area contributed by atoms with E-state index >= 15 is 0 Å². The van der Waals surface area contributed by atoms with Crippen LogP contribution in [0, 0.1) is 5.82 Å². The zero-order chi connectivity index (χ0) is 15.5. The molecule has 0 radical (unpaired) electrons. The van der Waals surface area contributed by atoms with Gasteiger partial charge in [0, 0.05) is 12.1 Å². The number of para-hydroxylation sites is 1. The standard InChI is InChI=1S/C17H16ClFN2O/c18-13-7-2-4-9-15(13)20-17(22)21-11-5-10-16(21)12-6-1-3-8-14(12)19/h1-4,6-9,16H,5,10-11H2,(H,20,22). The third kappa shape index (κ3) is 2.92. The maximum Gasteiger partial charge on any atom is 0.322 e. The second kappa shape index (κ2) is 6.36. The van der Waals surface area contributed by atoms with Crippen molar-refractivity contribution in [2.24, 2.45) is 0 Å². The van der Waals surface area contributed by atoms with Gasteiger partial charge in [0.15, 0.2) is 0 Å². The van der Waals surface area contributed by atoms with Crippen LogP contribution in [0.2, 0.25) is 5.02 Å². The quantitative estimate of drug-likeness (QED) is 0.843. The number of carbonyl (C=O) groups is 1. The Bertz CT molecular complexity index is 692. The van der Waals surface area contributed by atoms with Crippen LogP contribution in [0.3, 0.4) is 0 Å². The Kier molecular flexibility index (Phi) is 4.29. The number of hydrogen-bond donors (Lipinski definition) is 1. The molecule has 3 rings (SSSR count). The Labute approximate surface area is 133 Å². The number of hydrogen-bond acceptors (Lipinski definition) is 1. The zero-order valence-electron chi connectivity index (χ0n) is 11.9. The van der Waals surface area contributed by atoms with Crippen LogP contribution >= 0.6 is 11.6 Å². The summed E-state index contributed by atoms with van der Waals surface area (Å²) >= 11 is 6.06. The molecular formula is C17H16ClFN2O. The summed E-state index contributed by atoms with van der Waals surface area (Å²) in [5.41, 5.74) is 1.13. The number of rotatable bonds is 2. The van der Waals surface area contributed by atoms with Crippen molar-refractivity contribution in [2.45, 2.75) is 18.9 Å². The van der Waals surface area contributed by atoms with Gasteiger partial charge in [-0.2, -0.15) is 0 Å². The van der Waals surface area contributed by atoms with Crippen LogP contribution in [0.4, 0.5) is 14.9 Å². The van der Waals surface area contributed by atoms with Crippen LogP contribution < -0.4 is 5.32 Å². The first kappa shape index (κ1) is 14.9. The number of carbonyl (C=O) groups excluding carboxylic acids is 1. The van der Waals surface area contributed by atoms with E-state index in [-0.39, 0.29) is 17.9 Å². The van der Waals surface area contributed by atoms with E-state index in [1.165, 1.54) is 6.07 Å². The normalized spacial score (nSPS) is 17.5. The number of anilines is 1. The lowest BCUT2D eigenvalue weighted by molar-refractivity contribution is 0.206. The highest BCUT2D eigenvalue weighted by Gasteiger charge is 2.31. The van der Waals surface area contributed by atoms with Gasteiger partial charge in [0.2, 0.25) is 0 Å². The largest absolute Gasteiger partial charge is 0.322 e. The first-order chi connectivity index (χ1) is 10.7. The van der Waals surface area contributed by atoms with E-state index in [9.17, 15) is 9.18 Å². The molecule has 2 aromatic rings. The third-order valence-corrected chi connectivity index (χ3v) is 4.22. The molecule has 1 aliphatic heterocycles. The lowest BCUT2D eigenvalue weighted by Gasteiger charge is -2.25. The van der Waals surface area contributed by atoms with Gasteiger partial charge < -0.3 is 10.2 Å². The van der Waals surface area contributed by atoms with Crippen LogP contribution in [0.25, 0.3) is 0 Å². The van der Waals surface area contributed by atoms with E-state index in [0.717, 1.165) is 12.8 Å². The van der Waals surface area contributed by atoms with Crippen molar-refractivity contribution >= 4 is 23.3 Å². The maximum atomic E-state index is 14.0. The molecular weight excluding hydrogens is 303 g/mol. The first-order valence-corrected chi connectivity index (χ1v) is 7.61. The predicted molar refractivity (Wildman–Crippen MR) is 85.6 cm³/mol. The number of urea groups is 1. The summed E-state index contributed by atoms with van der Waals surface area (Å²) in [6, 6.07) is 13.2. The molecule has 5 heteroatoms. The summed E-state index contributed by atoms with van der Waals surface area (Å²) in [4.78, 5) is 14.2. The SMILES string of the molecule is O=C(Nc1ccccc1Cl)N1CCCC1c1ccccc1F. The molecule has 2 amide bonds. The third-order valence-electron chi connectivity index (χ3n) is 3.89. The Balaban J connectivity index is 1.80. The van der Waals surface area contributed by atoms with Crippen LogP contribution in [0.1, 0.15) is 24.4 Å². The smallest absolute Gasteiger partial charge is 0.317 e. The summed E-state index contributed by atoms with van der Waals surface area (Å²) in [6.07, 6.45) is 1.62. The van der Waals surface area contributed by atoms with Gasteiger partial charge in [0.1, 0.15) is 5.82 Å². The zero-order valence-corrected chi connectivity index (χ0v) is 12.7. The van der Waals surface area contributed by atoms with Crippen LogP contribution in [-0.4, -0.2) is 17.5 Å². The van der Waals surface area contributed by atoms with E-state index in [1.54, 1.807) is 47.4 Å². The summed E-state index contributed by atoms with van der Waals surface area (Å²) in [5, 5.41) is 3.29. The van der Waals surface area contributed by atoms with Crippen molar-refractivity contribution in [3.63, 3.8) is 0 Å². The van der Waals surface area contributed by atoms with Crippen molar-refractivity contribution in [1.82, 2.24) is 4.90 Å². The summed E-state index contributed by atoms with van der Waals surface area (Å²) in [6.45, 7) is 0.606. The number of nitrogens with one attached hydrogen (secondary N) is 1. The van der Waals surface area contributed by atoms with E-state index < -0.39 is 0 Å². The predicted octanol–water partition coefficient (Wildman–Crippen LogP) is 4.85. The fraction of sp³-hybridized carbons (Fsp3) is 0.235. The fourth-order valence-corrected chi connectivity index (χ4v) is 3.01. The van der Waals surface area contributed by atoms with E-state index in [4.69, 9.17) is 11.6 Å². The molecule has 1 atom stereocenters. The molecule has 1 N–H and O–H groups in total. The minimum absolute atomic E-state index is 0.233. The monoisotopic (exact) mass is 318 g/mol. The molecule has 114 valence electrons. The Hall–Kier alpha value is -2.07. The molecule has 2 aromatic carbocycles. The molecule has 1 fully saturated rings. The van der Waals surface area contributed by atoms with Gasteiger partial charge in [-0.15, -0.1) is 0 Å². The second-order valence-electron chi connectivity index (χ2n) is 5.28. The summed E-state index contributed by atoms with van der Waals surface area (Å²) in [5.74, 6) is -0.273. The van der Waals surface area contributed by atoms with Gasteiger partial charge >= 0.3 is 6.03 Å². The van der Waals surface area contributed by atoms with E-state index in [1.807, 2.05) is 0 Å². The fourth-order valence-electron chi connectivity index (χ4n) is 2.83. The molecule has 3 nitrogen and oxygen atoms in total. The van der Waals surface area contributed by atoms with E-state index in [0.29, 0.717) is 22.8 Å². The number of amides is 2. The molecule has 0 saturated carbocycles. The average molecular weight is 319 g/mol. The highest BCUT2D eigenvalue weighted by Crippen LogP contribution is 2.34. The Morgan fingerprint density at radius 3 is 2.68 bits per heavy atom. The lowest BCUT2D eigenvalue weighted by atomic mass is 10.0. The van der Waals surface area contributed by atoms with Crippen molar-refractivity contribution in [3.8, 4) is 0 Å². The Morgan fingerprint density at radius 1 is 1.18 bits per heavy atom. The number of halogens is 2. The first-order valence-electron chi connectivity index (χ1n) is 7.23. The molecule has 1 aliphatic rings. The average Bonchev–Trinajstić information content (AvgIpc) is 2.99. The van der Waals surface area contributed by atoms with Gasteiger partial charge in [-0.05, 0) is 31.0 Å². The van der Waals surface area contributed by atoms with Gasteiger partial charge in [-0.25, -0.2) is 9.18 Å². The minimum Gasteiger partial charge on any atom is -0.317 e. The van der Waals surface area contributed by atoms with Crippen molar-refractivity contribution in [2.75, 3.05) is 11.9 Å². The highest BCUT2D eigenvalue weighted by molar-refractivity contribution is 6.33. The number of likely N-dealkylation sites (tertiary alicyclic amines) is 1. The molecule has 0 aliphatic carbocycles. The highest BCUT2D eigenvalue weighted by atomic mass is 35.5. The Morgan fingerprint density at radius 2 is 1.91 bits per heavy atom. The lowest BCUT2D eigenvalue weighted by Crippen LogP contribution is -2.34. The second-order valence-corrected chi connectivity index (χ2v) is 5.69. The molecule has 0 aromatic heterocycles.